The number of halogens is 1. The third kappa shape index (κ3) is 3.96. The van der Waals surface area contributed by atoms with Crippen LogP contribution in [0, 0.1) is 0 Å². The zero-order valence-electron chi connectivity index (χ0n) is 7.94. The maximum Gasteiger partial charge on any atom is 0.221 e. The Morgan fingerprint density at radius 3 is 2.57 bits per heavy atom. The van der Waals surface area contributed by atoms with Gasteiger partial charge in [-0.25, -0.2) is 0 Å². The molecule has 0 aliphatic rings. The van der Waals surface area contributed by atoms with E-state index in [4.69, 9.17) is 21.1 Å². The molecular weight excluding hydrogens is 204 g/mol. The molecule has 4 heteroatoms. The summed E-state index contributed by atoms with van der Waals surface area (Å²) < 4.78 is 10.1. The average Bonchev–Trinajstić information content (AvgIpc) is 2.18. The molecule has 78 valence electrons. The summed E-state index contributed by atoms with van der Waals surface area (Å²) in [6.45, 7) is 2.58. The zero-order chi connectivity index (χ0) is 10.4. The van der Waals surface area contributed by atoms with Crippen molar-refractivity contribution in [1.29, 1.82) is 0 Å². The van der Waals surface area contributed by atoms with Gasteiger partial charge < -0.3 is 14.6 Å². The highest BCUT2D eigenvalue weighted by Crippen LogP contribution is 2.16. The van der Waals surface area contributed by atoms with Crippen molar-refractivity contribution < 1.29 is 14.6 Å². The van der Waals surface area contributed by atoms with E-state index in [1.165, 1.54) is 0 Å². The standard InChI is InChI=1S/C10H13ClO3/c1-2-13-7-10(12)14-9-5-3-8(11)4-6-9/h3-6,10,12H,2,7H2,1H3. The average molecular weight is 217 g/mol. The van der Waals surface area contributed by atoms with Crippen LogP contribution in [0.25, 0.3) is 0 Å². The highest BCUT2D eigenvalue weighted by atomic mass is 35.5. The summed E-state index contributed by atoms with van der Waals surface area (Å²) in [5, 5.41) is 9.96. The molecule has 0 spiro atoms. The second kappa shape index (κ2) is 5.86. The SMILES string of the molecule is CCOCC(O)Oc1ccc(Cl)cc1. The molecule has 1 atom stereocenters. The van der Waals surface area contributed by atoms with Crippen molar-refractivity contribution in [3.63, 3.8) is 0 Å². The predicted molar refractivity (Wildman–Crippen MR) is 54.6 cm³/mol. The second-order valence-electron chi connectivity index (χ2n) is 2.69. The quantitative estimate of drug-likeness (QED) is 0.766. The number of ether oxygens (including phenoxy) is 2. The number of aliphatic hydroxyl groups is 1. The molecule has 1 N–H and O–H groups in total. The van der Waals surface area contributed by atoms with Crippen molar-refractivity contribution in [2.24, 2.45) is 0 Å². The Kier molecular flexibility index (Phi) is 4.73. The van der Waals surface area contributed by atoms with Gasteiger partial charge in [-0.15, -0.1) is 0 Å². The summed E-state index contributed by atoms with van der Waals surface area (Å²) in [5.41, 5.74) is 0. The number of rotatable bonds is 5. The summed E-state index contributed by atoms with van der Waals surface area (Å²) in [6.07, 6.45) is -0.934. The van der Waals surface area contributed by atoms with E-state index in [9.17, 15) is 5.11 Å². The maximum atomic E-state index is 9.32. The maximum absolute atomic E-state index is 9.32. The molecule has 0 fully saturated rings. The van der Waals surface area contributed by atoms with Crippen molar-refractivity contribution in [3.05, 3.63) is 29.3 Å². The Labute approximate surface area is 88.2 Å². The van der Waals surface area contributed by atoms with Gasteiger partial charge in [-0.2, -0.15) is 0 Å². The Morgan fingerprint density at radius 1 is 1.36 bits per heavy atom. The van der Waals surface area contributed by atoms with Gasteiger partial charge in [0.25, 0.3) is 0 Å². The third-order valence-corrected chi connectivity index (χ3v) is 1.80. The van der Waals surface area contributed by atoms with E-state index < -0.39 is 6.29 Å². The van der Waals surface area contributed by atoms with E-state index in [1.54, 1.807) is 24.3 Å². The molecule has 1 aromatic rings. The topological polar surface area (TPSA) is 38.7 Å². The van der Waals surface area contributed by atoms with E-state index in [-0.39, 0.29) is 6.61 Å². The fourth-order valence-electron chi connectivity index (χ4n) is 0.923. The molecule has 1 unspecified atom stereocenters. The predicted octanol–water partition coefficient (Wildman–Crippen LogP) is 2.07. The van der Waals surface area contributed by atoms with Crippen LogP contribution >= 0.6 is 11.6 Å². The summed E-state index contributed by atoms with van der Waals surface area (Å²) in [4.78, 5) is 0. The highest BCUT2D eigenvalue weighted by Gasteiger charge is 2.04. The van der Waals surface area contributed by atoms with Crippen LogP contribution in [0.5, 0.6) is 5.75 Å². The molecule has 1 aromatic carbocycles. The largest absolute Gasteiger partial charge is 0.463 e. The minimum absolute atomic E-state index is 0.166. The summed E-state index contributed by atoms with van der Waals surface area (Å²) >= 11 is 5.69. The zero-order valence-corrected chi connectivity index (χ0v) is 8.70. The van der Waals surface area contributed by atoms with Gasteiger partial charge >= 0.3 is 0 Å². The number of aliphatic hydroxyl groups excluding tert-OH is 1. The Hall–Kier alpha value is -0.770. The fraction of sp³-hybridized carbons (Fsp3) is 0.400. The van der Waals surface area contributed by atoms with Gasteiger partial charge in [-0.1, -0.05) is 11.6 Å². The Balaban J connectivity index is 2.39. The molecule has 3 nitrogen and oxygen atoms in total. The molecular formula is C10H13ClO3. The van der Waals surface area contributed by atoms with Crippen LogP contribution in [-0.2, 0) is 4.74 Å². The van der Waals surface area contributed by atoms with Crippen molar-refractivity contribution >= 4 is 11.6 Å². The fourth-order valence-corrected chi connectivity index (χ4v) is 1.05. The number of benzene rings is 1. The summed E-state index contributed by atoms with van der Waals surface area (Å²) in [5.74, 6) is 0.571. The van der Waals surface area contributed by atoms with Crippen LogP contribution in [0.3, 0.4) is 0 Å². The van der Waals surface area contributed by atoms with E-state index in [0.717, 1.165) is 0 Å². The van der Waals surface area contributed by atoms with Crippen LogP contribution in [0.1, 0.15) is 6.92 Å². The molecule has 0 bridgehead atoms. The first-order chi connectivity index (χ1) is 6.72. The molecule has 0 aromatic heterocycles. The number of hydrogen-bond acceptors (Lipinski definition) is 3. The van der Waals surface area contributed by atoms with Gasteiger partial charge in [-0.3, -0.25) is 0 Å². The number of hydrogen-bond donors (Lipinski definition) is 1. The Bertz CT molecular complexity index is 261. The van der Waals surface area contributed by atoms with Crippen molar-refractivity contribution in [2.45, 2.75) is 13.2 Å². The van der Waals surface area contributed by atoms with E-state index >= 15 is 0 Å². The second-order valence-corrected chi connectivity index (χ2v) is 3.12. The smallest absolute Gasteiger partial charge is 0.221 e. The first-order valence-corrected chi connectivity index (χ1v) is 4.78. The van der Waals surface area contributed by atoms with Gasteiger partial charge in [0.15, 0.2) is 0 Å². The lowest BCUT2D eigenvalue weighted by Crippen LogP contribution is -2.22. The van der Waals surface area contributed by atoms with Crippen molar-refractivity contribution in [3.8, 4) is 5.75 Å². The monoisotopic (exact) mass is 216 g/mol. The lowest BCUT2D eigenvalue weighted by molar-refractivity contribution is -0.0749. The lowest BCUT2D eigenvalue weighted by atomic mass is 10.3. The molecule has 0 saturated carbocycles. The molecule has 0 saturated heterocycles. The summed E-state index contributed by atoms with van der Waals surface area (Å²) in [6, 6.07) is 6.78. The molecule has 14 heavy (non-hydrogen) atoms. The van der Waals surface area contributed by atoms with Gasteiger partial charge in [-0.05, 0) is 31.2 Å². The van der Waals surface area contributed by atoms with E-state index in [1.807, 2.05) is 6.92 Å². The van der Waals surface area contributed by atoms with Crippen molar-refractivity contribution in [1.82, 2.24) is 0 Å². The lowest BCUT2D eigenvalue weighted by Gasteiger charge is -2.12. The molecule has 0 amide bonds. The van der Waals surface area contributed by atoms with Crippen LogP contribution < -0.4 is 4.74 Å². The molecule has 0 heterocycles. The normalized spacial score (nSPS) is 12.5. The summed E-state index contributed by atoms with van der Waals surface area (Å²) in [7, 11) is 0. The first kappa shape index (κ1) is 11.3. The van der Waals surface area contributed by atoms with Crippen LogP contribution in [0.2, 0.25) is 5.02 Å². The highest BCUT2D eigenvalue weighted by molar-refractivity contribution is 6.30. The minimum Gasteiger partial charge on any atom is -0.463 e. The van der Waals surface area contributed by atoms with Crippen LogP contribution in [-0.4, -0.2) is 24.6 Å². The molecule has 0 aliphatic heterocycles. The van der Waals surface area contributed by atoms with Gasteiger partial charge in [0.05, 0.1) is 0 Å². The van der Waals surface area contributed by atoms with Crippen LogP contribution in [0.4, 0.5) is 0 Å². The van der Waals surface area contributed by atoms with Crippen LogP contribution in [0.15, 0.2) is 24.3 Å². The van der Waals surface area contributed by atoms with Crippen molar-refractivity contribution in [2.75, 3.05) is 13.2 Å². The molecule has 0 aliphatic carbocycles. The Morgan fingerprint density at radius 2 is 2.00 bits per heavy atom. The first-order valence-electron chi connectivity index (χ1n) is 4.40. The van der Waals surface area contributed by atoms with Gasteiger partial charge in [0.2, 0.25) is 6.29 Å². The van der Waals surface area contributed by atoms with E-state index in [2.05, 4.69) is 0 Å². The molecule has 1 rings (SSSR count). The third-order valence-electron chi connectivity index (χ3n) is 1.55. The molecule has 0 radical (unpaired) electrons. The van der Waals surface area contributed by atoms with Gasteiger partial charge in [0, 0.05) is 11.6 Å². The van der Waals surface area contributed by atoms with E-state index in [0.29, 0.717) is 17.4 Å². The minimum atomic E-state index is -0.934. The van der Waals surface area contributed by atoms with Gasteiger partial charge in [0.1, 0.15) is 12.4 Å².